The minimum Gasteiger partial charge on any atom is -0.325 e. The van der Waals surface area contributed by atoms with Crippen molar-refractivity contribution in [3.8, 4) is 0 Å². The average molecular weight is 159 g/mol. The molecule has 0 saturated carbocycles. The molecule has 5 N–H and O–H groups in total. The second kappa shape index (κ2) is 2.79. The van der Waals surface area contributed by atoms with Crippen LogP contribution in [0.5, 0.6) is 0 Å². The summed E-state index contributed by atoms with van der Waals surface area (Å²) in [5.41, 5.74) is 6.64. The van der Waals surface area contributed by atoms with E-state index in [9.17, 15) is 4.79 Å². The van der Waals surface area contributed by atoms with E-state index in [1.807, 2.05) is 0 Å². The van der Waals surface area contributed by atoms with E-state index in [2.05, 4.69) is 5.43 Å². The van der Waals surface area contributed by atoms with Crippen molar-refractivity contribution in [2.75, 3.05) is 0 Å². The SMILES string of the molecule is CC(C)(N)C(C)(C)C(=O)NN. The van der Waals surface area contributed by atoms with Gasteiger partial charge in [0.15, 0.2) is 0 Å². The summed E-state index contributed by atoms with van der Waals surface area (Å²) >= 11 is 0. The van der Waals surface area contributed by atoms with Crippen LogP contribution in [-0.4, -0.2) is 11.4 Å². The maximum absolute atomic E-state index is 11.2. The number of nitrogens with one attached hydrogen (secondary N) is 1. The van der Waals surface area contributed by atoms with Crippen molar-refractivity contribution < 1.29 is 4.79 Å². The molecule has 0 unspecified atom stereocenters. The van der Waals surface area contributed by atoms with E-state index in [-0.39, 0.29) is 5.91 Å². The molecule has 0 radical (unpaired) electrons. The highest BCUT2D eigenvalue weighted by Gasteiger charge is 2.39. The summed E-state index contributed by atoms with van der Waals surface area (Å²) in [6, 6.07) is 0. The van der Waals surface area contributed by atoms with Crippen LogP contribution >= 0.6 is 0 Å². The zero-order valence-electron chi connectivity index (χ0n) is 7.56. The number of hydrogen-bond acceptors (Lipinski definition) is 3. The maximum Gasteiger partial charge on any atom is 0.241 e. The minimum absolute atomic E-state index is 0.245. The lowest BCUT2D eigenvalue weighted by Crippen LogP contribution is -2.56. The van der Waals surface area contributed by atoms with Gasteiger partial charge in [0.1, 0.15) is 0 Å². The van der Waals surface area contributed by atoms with Gasteiger partial charge in [-0.15, -0.1) is 0 Å². The Morgan fingerprint density at radius 2 is 1.64 bits per heavy atom. The summed E-state index contributed by atoms with van der Waals surface area (Å²) in [6.45, 7) is 7.11. The van der Waals surface area contributed by atoms with Crippen LogP contribution in [0.4, 0.5) is 0 Å². The Morgan fingerprint density at radius 1 is 1.27 bits per heavy atom. The Bertz CT molecular complexity index is 158. The van der Waals surface area contributed by atoms with Crippen molar-refractivity contribution in [3.05, 3.63) is 0 Å². The molecule has 0 aliphatic heterocycles. The summed E-state index contributed by atoms with van der Waals surface area (Å²) in [4.78, 5) is 11.2. The molecular weight excluding hydrogens is 142 g/mol. The first kappa shape index (κ1) is 10.4. The lowest BCUT2D eigenvalue weighted by Gasteiger charge is -2.36. The molecule has 0 aliphatic rings. The van der Waals surface area contributed by atoms with Crippen LogP contribution in [0, 0.1) is 5.41 Å². The molecule has 11 heavy (non-hydrogen) atoms. The molecule has 66 valence electrons. The topological polar surface area (TPSA) is 81.1 Å². The van der Waals surface area contributed by atoms with Crippen LogP contribution in [0.25, 0.3) is 0 Å². The Morgan fingerprint density at radius 3 is 1.73 bits per heavy atom. The molecule has 0 atom stereocenters. The molecule has 0 aliphatic carbocycles. The maximum atomic E-state index is 11.2. The van der Waals surface area contributed by atoms with Crippen molar-refractivity contribution in [2.24, 2.45) is 17.0 Å². The van der Waals surface area contributed by atoms with Gasteiger partial charge in [0.05, 0.1) is 5.41 Å². The first-order valence-electron chi connectivity index (χ1n) is 3.53. The molecule has 0 bridgehead atoms. The van der Waals surface area contributed by atoms with Crippen LogP contribution in [-0.2, 0) is 4.79 Å². The van der Waals surface area contributed by atoms with Gasteiger partial charge in [-0.1, -0.05) is 0 Å². The van der Waals surface area contributed by atoms with Crippen LogP contribution in [0.15, 0.2) is 0 Å². The molecule has 0 saturated heterocycles. The van der Waals surface area contributed by atoms with Gasteiger partial charge in [-0.25, -0.2) is 5.84 Å². The number of hydrazine groups is 1. The van der Waals surface area contributed by atoms with E-state index in [0.29, 0.717) is 0 Å². The normalized spacial score (nSPS) is 12.9. The predicted molar refractivity (Wildman–Crippen MR) is 44.4 cm³/mol. The van der Waals surface area contributed by atoms with E-state index < -0.39 is 11.0 Å². The van der Waals surface area contributed by atoms with Crippen LogP contribution in [0.2, 0.25) is 0 Å². The number of amides is 1. The Hall–Kier alpha value is -0.610. The smallest absolute Gasteiger partial charge is 0.241 e. The lowest BCUT2D eigenvalue weighted by atomic mass is 9.75. The molecule has 0 fully saturated rings. The number of carbonyl (C=O) groups is 1. The molecule has 0 aromatic rings. The highest BCUT2D eigenvalue weighted by Crippen LogP contribution is 2.27. The fourth-order valence-corrected chi connectivity index (χ4v) is 0.473. The van der Waals surface area contributed by atoms with Crippen molar-refractivity contribution in [3.63, 3.8) is 0 Å². The van der Waals surface area contributed by atoms with Gasteiger partial charge in [0, 0.05) is 5.54 Å². The van der Waals surface area contributed by atoms with Crippen molar-refractivity contribution in [1.82, 2.24) is 5.43 Å². The molecule has 0 aromatic heterocycles. The molecule has 1 amide bonds. The standard InChI is InChI=1S/C7H17N3O/c1-6(2,5(11)10-9)7(3,4)8/h8-9H2,1-4H3,(H,10,11). The van der Waals surface area contributed by atoms with E-state index in [1.165, 1.54) is 0 Å². The third-order valence-corrected chi connectivity index (χ3v) is 2.31. The van der Waals surface area contributed by atoms with Gasteiger partial charge < -0.3 is 5.73 Å². The quantitative estimate of drug-likeness (QED) is 0.295. The van der Waals surface area contributed by atoms with Gasteiger partial charge in [-0.05, 0) is 27.7 Å². The van der Waals surface area contributed by atoms with E-state index in [1.54, 1.807) is 27.7 Å². The molecule has 4 nitrogen and oxygen atoms in total. The average Bonchev–Trinajstić information content (AvgIpc) is 1.83. The summed E-state index contributed by atoms with van der Waals surface area (Å²) in [7, 11) is 0. The zero-order chi connectivity index (χ0) is 9.28. The second-order valence-corrected chi connectivity index (χ2v) is 3.82. The Labute approximate surface area is 67.3 Å². The Balaban J connectivity index is 4.59. The molecular formula is C7H17N3O. The highest BCUT2D eigenvalue weighted by atomic mass is 16.2. The largest absolute Gasteiger partial charge is 0.325 e. The number of nitrogens with two attached hydrogens (primary N) is 2. The third-order valence-electron chi connectivity index (χ3n) is 2.31. The van der Waals surface area contributed by atoms with Gasteiger partial charge in [0.25, 0.3) is 0 Å². The predicted octanol–water partition coefficient (Wildman–Crippen LogP) is -0.260. The summed E-state index contributed by atoms with van der Waals surface area (Å²) < 4.78 is 0. The van der Waals surface area contributed by atoms with Gasteiger partial charge >= 0.3 is 0 Å². The summed E-state index contributed by atoms with van der Waals surface area (Å²) in [5, 5.41) is 0. The van der Waals surface area contributed by atoms with Crippen LogP contribution < -0.4 is 17.0 Å². The van der Waals surface area contributed by atoms with Crippen molar-refractivity contribution in [1.29, 1.82) is 0 Å². The molecule has 0 aromatic carbocycles. The third kappa shape index (κ3) is 1.91. The summed E-state index contributed by atoms with van der Waals surface area (Å²) in [6.07, 6.45) is 0. The Kier molecular flexibility index (Phi) is 2.64. The first-order valence-corrected chi connectivity index (χ1v) is 3.53. The highest BCUT2D eigenvalue weighted by molar-refractivity contribution is 5.82. The molecule has 4 heteroatoms. The number of carbonyl (C=O) groups excluding carboxylic acids is 1. The van der Waals surface area contributed by atoms with Crippen LogP contribution in [0.1, 0.15) is 27.7 Å². The zero-order valence-corrected chi connectivity index (χ0v) is 7.56. The molecule has 0 heterocycles. The van der Waals surface area contributed by atoms with E-state index in [0.717, 1.165) is 0 Å². The fraction of sp³-hybridized carbons (Fsp3) is 0.857. The fourth-order valence-electron chi connectivity index (χ4n) is 0.473. The molecule has 0 spiro atoms. The van der Waals surface area contributed by atoms with Gasteiger partial charge in [-0.3, -0.25) is 10.2 Å². The van der Waals surface area contributed by atoms with Gasteiger partial charge in [-0.2, -0.15) is 0 Å². The number of rotatable bonds is 2. The summed E-state index contributed by atoms with van der Waals surface area (Å²) in [5.74, 6) is 4.75. The number of hydrogen-bond donors (Lipinski definition) is 3. The van der Waals surface area contributed by atoms with E-state index in [4.69, 9.17) is 11.6 Å². The van der Waals surface area contributed by atoms with Gasteiger partial charge in [0.2, 0.25) is 5.91 Å². The lowest BCUT2D eigenvalue weighted by molar-refractivity contribution is -0.132. The second-order valence-electron chi connectivity index (χ2n) is 3.82. The van der Waals surface area contributed by atoms with Crippen molar-refractivity contribution >= 4 is 5.91 Å². The van der Waals surface area contributed by atoms with Crippen LogP contribution in [0.3, 0.4) is 0 Å². The minimum atomic E-state index is -0.651. The molecule has 0 rings (SSSR count). The van der Waals surface area contributed by atoms with Crippen molar-refractivity contribution in [2.45, 2.75) is 33.2 Å². The first-order chi connectivity index (χ1) is 4.73. The van der Waals surface area contributed by atoms with E-state index >= 15 is 0 Å². The monoisotopic (exact) mass is 159 g/mol.